The zero-order chi connectivity index (χ0) is 22.3. The molecule has 0 aliphatic rings. The molecule has 0 atom stereocenters. The van der Waals surface area contributed by atoms with Crippen LogP contribution in [0, 0.1) is 5.41 Å². The summed E-state index contributed by atoms with van der Waals surface area (Å²) in [4.78, 5) is 37.0. The van der Waals surface area contributed by atoms with Crippen molar-refractivity contribution in [2.45, 2.75) is 34.1 Å². The Morgan fingerprint density at radius 1 is 0.654 bits per heavy atom. The Morgan fingerprint density at radius 2 is 0.731 bits per heavy atom. The van der Waals surface area contributed by atoms with Gasteiger partial charge in [0.2, 0.25) is 0 Å². The molecule has 26 heavy (non-hydrogen) atoms. The van der Waals surface area contributed by atoms with Gasteiger partial charge in [-0.2, -0.15) is 0 Å². The maximum Gasteiger partial charge on any atom is 0.327 e. The van der Waals surface area contributed by atoms with E-state index in [0.717, 1.165) is 24.3 Å². The highest BCUT2D eigenvalue weighted by atomic mass is 16.4. The van der Waals surface area contributed by atoms with Gasteiger partial charge in [-0.25, -0.2) is 19.2 Å². The normalized spacial score (nSPS) is 7.69. The van der Waals surface area contributed by atoms with Crippen molar-refractivity contribution in [1.82, 2.24) is 0 Å². The van der Waals surface area contributed by atoms with E-state index < -0.39 is 23.9 Å². The van der Waals surface area contributed by atoms with Crippen LogP contribution in [0.3, 0.4) is 0 Å². The van der Waals surface area contributed by atoms with E-state index >= 15 is 0 Å². The minimum atomic E-state index is -0.981. The van der Waals surface area contributed by atoms with Crippen LogP contribution in [-0.4, -0.2) is 44.3 Å². The quantitative estimate of drug-likeness (QED) is 0.546. The fourth-order valence-corrected chi connectivity index (χ4v) is 0. The summed E-state index contributed by atoms with van der Waals surface area (Å²) in [5.41, 5.74) is 0.542. The largest absolute Gasteiger partial charge is 0.478 e. The first kappa shape index (κ1) is 34.2. The van der Waals surface area contributed by atoms with Gasteiger partial charge in [-0.05, 0) is 5.41 Å². The molecule has 150 valence electrons. The third kappa shape index (κ3) is 133. The Labute approximate surface area is 154 Å². The Kier molecular flexibility index (Phi) is 31.7. The van der Waals surface area contributed by atoms with E-state index in [2.05, 4.69) is 54.0 Å². The van der Waals surface area contributed by atoms with Gasteiger partial charge >= 0.3 is 23.9 Å². The Bertz CT molecular complexity index is 384. The molecule has 0 radical (unpaired) electrons. The second-order valence-electron chi connectivity index (χ2n) is 5.08. The molecule has 0 aliphatic heterocycles. The van der Waals surface area contributed by atoms with Gasteiger partial charge in [0.05, 0.1) is 0 Å². The van der Waals surface area contributed by atoms with Crippen molar-refractivity contribution >= 4 is 23.9 Å². The lowest BCUT2D eigenvalue weighted by Gasteiger charge is -2.12. The zero-order valence-electron chi connectivity index (χ0n) is 15.8. The Balaban J connectivity index is -0.0000000708. The minimum Gasteiger partial charge on any atom is -0.478 e. The molecular formula is C18H30O8. The zero-order valence-corrected chi connectivity index (χ0v) is 15.8. The van der Waals surface area contributed by atoms with Gasteiger partial charge < -0.3 is 20.4 Å². The first-order chi connectivity index (χ1) is 11.6. The highest BCUT2D eigenvalue weighted by Crippen LogP contribution is 2.16. The van der Waals surface area contributed by atoms with Crippen LogP contribution < -0.4 is 0 Å². The van der Waals surface area contributed by atoms with E-state index in [9.17, 15) is 19.2 Å². The van der Waals surface area contributed by atoms with E-state index in [1.807, 2.05) is 0 Å². The Hall–Kier alpha value is -3.16. The van der Waals surface area contributed by atoms with Crippen molar-refractivity contribution in [3.63, 3.8) is 0 Å². The summed E-state index contributed by atoms with van der Waals surface area (Å²) < 4.78 is 0. The van der Waals surface area contributed by atoms with Gasteiger partial charge in [0.15, 0.2) is 0 Å². The standard InChI is InChI=1S/C6H14.4C3H4O2/c1-5-6(2,3)4;4*1-2-3(4)5/h5H2,1-4H3;4*2H,1H2,(H,4,5). The molecule has 8 nitrogen and oxygen atoms in total. The monoisotopic (exact) mass is 374 g/mol. The maximum atomic E-state index is 9.25. The third-order valence-corrected chi connectivity index (χ3v) is 1.76. The van der Waals surface area contributed by atoms with Crippen molar-refractivity contribution in [2.75, 3.05) is 0 Å². The number of rotatable bonds is 4. The molecular weight excluding hydrogens is 344 g/mol. The second kappa shape index (κ2) is 24.1. The van der Waals surface area contributed by atoms with Crippen LogP contribution in [0.15, 0.2) is 50.6 Å². The number of hydrogen-bond acceptors (Lipinski definition) is 4. The summed E-state index contributed by atoms with van der Waals surface area (Å²) in [6, 6.07) is 0. The average molecular weight is 374 g/mol. The van der Waals surface area contributed by atoms with Crippen molar-refractivity contribution in [3.8, 4) is 0 Å². The van der Waals surface area contributed by atoms with Crippen LogP contribution in [0.1, 0.15) is 34.1 Å². The van der Waals surface area contributed by atoms with Crippen LogP contribution in [0.5, 0.6) is 0 Å². The van der Waals surface area contributed by atoms with Crippen LogP contribution in [0.4, 0.5) is 0 Å². The predicted molar refractivity (Wildman–Crippen MR) is 101 cm³/mol. The van der Waals surface area contributed by atoms with Crippen molar-refractivity contribution in [2.24, 2.45) is 5.41 Å². The highest BCUT2D eigenvalue weighted by Gasteiger charge is 2.03. The molecule has 0 aromatic carbocycles. The van der Waals surface area contributed by atoms with E-state index in [4.69, 9.17) is 20.4 Å². The molecule has 8 heteroatoms. The summed E-state index contributed by atoms with van der Waals surface area (Å²) in [6.07, 6.45) is 4.60. The molecule has 0 amide bonds. The second-order valence-corrected chi connectivity index (χ2v) is 5.08. The molecule has 0 bridgehead atoms. The van der Waals surface area contributed by atoms with Crippen LogP contribution >= 0.6 is 0 Å². The van der Waals surface area contributed by atoms with E-state index in [1.165, 1.54) is 6.42 Å². The van der Waals surface area contributed by atoms with Gasteiger partial charge in [0.25, 0.3) is 0 Å². The third-order valence-electron chi connectivity index (χ3n) is 1.76. The molecule has 0 rings (SSSR count). The summed E-state index contributed by atoms with van der Waals surface area (Å²) in [6.45, 7) is 20.8. The smallest absolute Gasteiger partial charge is 0.327 e. The summed E-state index contributed by atoms with van der Waals surface area (Å²) in [5.74, 6) is -3.93. The van der Waals surface area contributed by atoms with E-state index in [1.54, 1.807) is 0 Å². The number of carboxylic acid groups (broad SMARTS) is 4. The predicted octanol–water partition coefficient (Wildman–Crippen LogP) is 3.47. The number of carbonyl (C=O) groups is 4. The molecule has 0 aromatic heterocycles. The molecule has 0 aliphatic carbocycles. The van der Waals surface area contributed by atoms with E-state index in [-0.39, 0.29) is 0 Å². The molecule has 0 fully saturated rings. The number of carboxylic acids is 4. The van der Waals surface area contributed by atoms with Gasteiger partial charge in [0.1, 0.15) is 0 Å². The van der Waals surface area contributed by atoms with Crippen molar-refractivity contribution < 1.29 is 39.6 Å². The van der Waals surface area contributed by atoms with Crippen LogP contribution in [0.25, 0.3) is 0 Å². The van der Waals surface area contributed by atoms with Gasteiger partial charge in [-0.1, -0.05) is 60.4 Å². The highest BCUT2D eigenvalue weighted by molar-refractivity contribution is 5.79. The van der Waals surface area contributed by atoms with Crippen LogP contribution in [-0.2, 0) is 19.2 Å². The fraction of sp³-hybridized carbons (Fsp3) is 0.333. The molecule has 0 saturated heterocycles. The fourth-order valence-electron chi connectivity index (χ4n) is 0. The lowest BCUT2D eigenvalue weighted by Crippen LogP contribution is -2.00. The van der Waals surface area contributed by atoms with Crippen molar-refractivity contribution in [1.29, 1.82) is 0 Å². The van der Waals surface area contributed by atoms with Crippen LogP contribution in [0.2, 0.25) is 0 Å². The Morgan fingerprint density at radius 3 is 0.731 bits per heavy atom. The molecule has 0 heterocycles. The minimum absolute atomic E-state index is 0.542. The first-order valence-electron chi connectivity index (χ1n) is 7.06. The first-order valence-corrected chi connectivity index (χ1v) is 7.06. The topological polar surface area (TPSA) is 149 Å². The van der Waals surface area contributed by atoms with E-state index in [0.29, 0.717) is 5.41 Å². The molecule has 0 aromatic rings. The lowest BCUT2D eigenvalue weighted by molar-refractivity contribution is -0.132. The lowest BCUT2D eigenvalue weighted by atomic mass is 9.94. The number of hydrogen-bond donors (Lipinski definition) is 4. The average Bonchev–Trinajstić information content (AvgIpc) is 2.56. The number of aliphatic carboxylic acids is 4. The summed E-state index contributed by atoms with van der Waals surface area (Å²) >= 11 is 0. The van der Waals surface area contributed by atoms with Gasteiger partial charge in [0, 0.05) is 24.3 Å². The summed E-state index contributed by atoms with van der Waals surface area (Å²) in [7, 11) is 0. The van der Waals surface area contributed by atoms with Crippen molar-refractivity contribution in [3.05, 3.63) is 50.6 Å². The molecule has 4 N–H and O–H groups in total. The molecule has 0 saturated carbocycles. The molecule has 0 spiro atoms. The molecule has 0 unspecified atom stereocenters. The SMILES string of the molecule is C=CC(=O)O.C=CC(=O)O.C=CC(=O)O.C=CC(=O)O.CCC(C)(C)C. The summed E-state index contributed by atoms with van der Waals surface area (Å²) in [5, 5.41) is 30.4. The maximum absolute atomic E-state index is 9.25. The van der Waals surface area contributed by atoms with Gasteiger partial charge in [-0.15, -0.1) is 0 Å². The van der Waals surface area contributed by atoms with Gasteiger partial charge in [-0.3, -0.25) is 0 Å².